The molecular weight excluding hydrogens is 360 g/mol. The molecule has 30 heavy (non-hydrogen) atoms. The van der Waals surface area contributed by atoms with Gasteiger partial charge in [0.2, 0.25) is 0 Å². The van der Waals surface area contributed by atoms with E-state index in [0.29, 0.717) is 27.1 Å². The van der Waals surface area contributed by atoms with Crippen molar-refractivity contribution in [3.63, 3.8) is 0 Å². The third-order valence-electron chi connectivity index (χ3n) is 13.0. The van der Waals surface area contributed by atoms with Gasteiger partial charge in [-0.15, -0.1) is 0 Å². The van der Waals surface area contributed by atoms with Gasteiger partial charge in [-0.05, 0) is 114 Å². The molecule has 0 radical (unpaired) electrons. The van der Waals surface area contributed by atoms with Crippen LogP contribution in [0.1, 0.15) is 120 Å². The fourth-order valence-corrected chi connectivity index (χ4v) is 11.3. The normalized spacial score (nSPS) is 54.6. The Morgan fingerprint density at radius 3 is 2.17 bits per heavy atom. The van der Waals surface area contributed by atoms with Crippen molar-refractivity contribution in [3.8, 4) is 0 Å². The van der Waals surface area contributed by atoms with Crippen LogP contribution < -0.4 is 0 Å². The van der Waals surface area contributed by atoms with E-state index in [1.807, 2.05) is 5.57 Å². The van der Waals surface area contributed by atoms with Gasteiger partial charge >= 0.3 is 0 Å². The molecule has 0 bridgehead atoms. The molecule has 0 unspecified atom stereocenters. The molecule has 0 heteroatoms. The van der Waals surface area contributed by atoms with Crippen molar-refractivity contribution >= 4 is 0 Å². The molecule has 0 heterocycles. The van der Waals surface area contributed by atoms with Crippen molar-refractivity contribution in [2.45, 2.75) is 120 Å². The van der Waals surface area contributed by atoms with Gasteiger partial charge in [-0.2, -0.15) is 0 Å². The van der Waals surface area contributed by atoms with E-state index >= 15 is 0 Å². The van der Waals surface area contributed by atoms with E-state index in [4.69, 9.17) is 0 Å². The smallest absolute Gasteiger partial charge is 0.00801 e. The van der Waals surface area contributed by atoms with Gasteiger partial charge in [0.25, 0.3) is 0 Å². The highest BCUT2D eigenvalue weighted by Crippen LogP contribution is 2.76. The molecule has 5 aliphatic carbocycles. The lowest BCUT2D eigenvalue weighted by Crippen LogP contribution is -2.61. The lowest BCUT2D eigenvalue weighted by molar-refractivity contribution is -0.156. The third kappa shape index (κ3) is 2.46. The SMILES string of the molecule is CC(C)[C@H]1CC[C@@H]2[C@]1(C)CC[C@]1(C)[C@@H]3CC[C@@H]4C(C)(C)CCC[C@]4(C)C3=CC[C@@]21C. The van der Waals surface area contributed by atoms with Crippen LogP contribution in [0.3, 0.4) is 0 Å². The quantitative estimate of drug-likeness (QED) is 0.378. The van der Waals surface area contributed by atoms with Crippen molar-refractivity contribution in [2.75, 3.05) is 0 Å². The molecule has 170 valence electrons. The van der Waals surface area contributed by atoms with Gasteiger partial charge in [0, 0.05) is 0 Å². The largest absolute Gasteiger partial charge is 0.0839 e. The summed E-state index contributed by atoms with van der Waals surface area (Å²) >= 11 is 0. The maximum atomic E-state index is 2.86. The Morgan fingerprint density at radius 1 is 0.767 bits per heavy atom. The Labute approximate surface area is 188 Å². The predicted octanol–water partition coefficient (Wildman–Crippen LogP) is 9.05. The number of rotatable bonds is 1. The monoisotopic (exact) mass is 410 g/mol. The second-order valence-corrected chi connectivity index (χ2v) is 14.6. The van der Waals surface area contributed by atoms with Gasteiger partial charge in [0.05, 0.1) is 0 Å². The second-order valence-electron chi connectivity index (χ2n) is 14.6. The van der Waals surface area contributed by atoms with Gasteiger partial charge in [0.1, 0.15) is 0 Å². The van der Waals surface area contributed by atoms with E-state index in [0.717, 1.165) is 29.6 Å². The van der Waals surface area contributed by atoms with Crippen LogP contribution in [0.2, 0.25) is 0 Å². The minimum atomic E-state index is 0.478. The predicted molar refractivity (Wildman–Crippen MR) is 129 cm³/mol. The van der Waals surface area contributed by atoms with Crippen molar-refractivity contribution in [2.24, 2.45) is 56.7 Å². The highest BCUT2D eigenvalue weighted by Gasteiger charge is 2.67. The third-order valence-corrected chi connectivity index (χ3v) is 13.0. The topological polar surface area (TPSA) is 0 Å². The Hall–Kier alpha value is -0.260. The zero-order chi connectivity index (χ0) is 21.7. The minimum Gasteiger partial charge on any atom is -0.0839 e. The maximum absolute atomic E-state index is 2.86. The first-order valence-electron chi connectivity index (χ1n) is 13.6. The fourth-order valence-electron chi connectivity index (χ4n) is 11.3. The Bertz CT molecular complexity index is 741. The fraction of sp³-hybridized carbons (Fsp3) is 0.933. The van der Waals surface area contributed by atoms with Gasteiger partial charge in [-0.3, -0.25) is 0 Å². The van der Waals surface area contributed by atoms with E-state index < -0.39 is 0 Å². The zero-order valence-electron chi connectivity index (χ0n) is 21.5. The number of hydrogen-bond donors (Lipinski definition) is 0. The Kier molecular flexibility index (Phi) is 4.61. The van der Waals surface area contributed by atoms with Crippen LogP contribution in [-0.2, 0) is 0 Å². The summed E-state index contributed by atoms with van der Waals surface area (Å²) in [7, 11) is 0. The lowest BCUT2D eigenvalue weighted by Gasteiger charge is -2.69. The Balaban J connectivity index is 1.56. The molecule has 8 atom stereocenters. The van der Waals surface area contributed by atoms with Crippen molar-refractivity contribution in [1.29, 1.82) is 0 Å². The van der Waals surface area contributed by atoms with Crippen LogP contribution in [0.5, 0.6) is 0 Å². The first kappa shape index (κ1) is 21.6. The first-order valence-corrected chi connectivity index (χ1v) is 13.6. The van der Waals surface area contributed by atoms with Crippen LogP contribution in [0.25, 0.3) is 0 Å². The summed E-state index contributed by atoms with van der Waals surface area (Å²) in [5.74, 6) is 4.49. The van der Waals surface area contributed by atoms with Crippen LogP contribution in [0, 0.1) is 56.7 Å². The molecule has 0 aliphatic heterocycles. The summed E-state index contributed by atoms with van der Waals surface area (Å²) in [6.07, 6.45) is 17.4. The molecule has 0 aromatic rings. The first-order chi connectivity index (χ1) is 13.9. The molecule has 5 rings (SSSR count). The van der Waals surface area contributed by atoms with E-state index in [1.54, 1.807) is 0 Å². The van der Waals surface area contributed by atoms with E-state index in [1.165, 1.54) is 64.2 Å². The average Bonchev–Trinajstić information content (AvgIpc) is 3.01. The lowest BCUT2D eigenvalue weighted by atomic mass is 9.36. The van der Waals surface area contributed by atoms with Crippen molar-refractivity contribution in [3.05, 3.63) is 11.6 Å². The van der Waals surface area contributed by atoms with Crippen LogP contribution in [-0.4, -0.2) is 0 Å². The molecular formula is C30H50. The van der Waals surface area contributed by atoms with Crippen molar-refractivity contribution < 1.29 is 0 Å². The summed E-state index contributed by atoms with van der Waals surface area (Å²) in [6, 6.07) is 0. The molecule has 4 saturated carbocycles. The highest BCUT2D eigenvalue weighted by atomic mass is 14.7. The molecule has 0 aromatic carbocycles. The maximum Gasteiger partial charge on any atom is -0.00801 e. The molecule has 0 amide bonds. The van der Waals surface area contributed by atoms with Crippen LogP contribution in [0.4, 0.5) is 0 Å². The number of fused-ring (bicyclic) bond motifs is 7. The van der Waals surface area contributed by atoms with E-state index in [9.17, 15) is 0 Å². The summed E-state index contributed by atoms with van der Waals surface area (Å²) in [5.41, 5.74) is 4.55. The summed E-state index contributed by atoms with van der Waals surface area (Å²) in [4.78, 5) is 0. The number of allylic oxidation sites excluding steroid dienone is 2. The highest BCUT2D eigenvalue weighted by molar-refractivity contribution is 5.32. The van der Waals surface area contributed by atoms with E-state index in [-0.39, 0.29) is 0 Å². The summed E-state index contributed by atoms with van der Waals surface area (Å²) < 4.78 is 0. The molecule has 0 saturated heterocycles. The summed E-state index contributed by atoms with van der Waals surface area (Å²) in [5, 5.41) is 0. The van der Waals surface area contributed by atoms with Gasteiger partial charge in [0.15, 0.2) is 0 Å². The van der Waals surface area contributed by atoms with Crippen LogP contribution in [0.15, 0.2) is 11.6 Å². The van der Waals surface area contributed by atoms with Crippen molar-refractivity contribution in [1.82, 2.24) is 0 Å². The van der Waals surface area contributed by atoms with E-state index in [2.05, 4.69) is 61.5 Å². The molecule has 0 aromatic heterocycles. The molecule has 4 fully saturated rings. The minimum absolute atomic E-state index is 0.478. The molecule has 5 aliphatic rings. The molecule has 0 spiro atoms. The van der Waals surface area contributed by atoms with Crippen LogP contribution >= 0.6 is 0 Å². The second kappa shape index (κ2) is 6.41. The standard InChI is InChI=1S/C30H50/c1-20(2)21-10-13-25-28(21,6)18-19-29(7)23-11-12-24-26(3,4)15-9-16-27(24,5)22(23)14-17-30(25,29)8/h14,20-21,23-25H,9-13,15-19H2,1-8H3/t21-,23-,24-,25-,27-,28-,29-,30+/m1/s1. The van der Waals surface area contributed by atoms with Gasteiger partial charge in [-0.25, -0.2) is 0 Å². The molecule has 0 N–H and O–H groups in total. The van der Waals surface area contributed by atoms with Gasteiger partial charge in [-0.1, -0.05) is 73.5 Å². The molecule has 0 nitrogen and oxygen atoms in total. The average molecular weight is 411 g/mol. The number of hydrogen-bond acceptors (Lipinski definition) is 0. The Morgan fingerprint density at radius 2 is 1.47 bits per heavy atom. The zero-order valence-corrected chi connectivity index (χ0v) is 21.5. The van der Waals surface area contributed by atoms with Gasteiger partial charge < -0.3 is 0 Å². The summed E-state index contributed by atoms with van der Waals surface area (Å²) in [6.45, 7) is 21.1.